The number of rotatable bonds is 5. The van der Waals surface area contributed by atoms with Gasteiger partial charge < -0.3 is 5.32 Å². The third-order valence-electron chi connectivity index (χ3n) is 4.65. The SMILES string of the molecule is Cc1cccc(NC(=O)Cn2c(=O)n(Cc3cccnc3)c(=O)c3ncccc32)c1. The van der Waals surface area contributed by atoms with Crippen molar-refractivity contribution >= 4 is 22.6 Å². The lowest BCUT2D eigenvalue weighted by molar-refractivity contribution is -0.116. The largest absolute Gasteiger partial charge is 0.332 e. The second kappa shape index (κ2) is 8.12. The summed E-state index contributed by atoms with van der Waals surface area (Å²) in [7, 11) is 0. The second-order valence-corrected chi connectivity index (χ2v) is 6.91. The van der Waals surface area contributed by atoms with E-state index in [0.29, 0.717) is 16.8 Å². The van der Waals surface area contributed by atoms with Gasteiger partial charge in [0.05, 0.1) is 12.1 Å². The van der Waals surface area contributed by atoms with Crippen molar-refractivity contribution in [2.75, 3.05) is 5.32 Å². The number of aryl methyl sites for hydroxylation is 1. The second-order valence-electron chi connectivity index (χ2n) is 6.91. The lowest BCUT2D eigenvalue weighted by Gasteiger charge is -2.14. The standard InChI is InChI=1S/C22H19N5O3/c1-15-5-2-7-17(11-15)25-19(28)14-26-18-8-4-10-24-20(18)21(29)27(22(26)30)13-16-6-3-9-23-12-16/h2-12H,13-14H2,1H3,(H,25,28). The van der Waals surface area contributed by atoms with Gasteiger partial charge >= 0.3 is 5.69 Å². The monoisotopic (exact) mass is 401 g/mol. The Bertz CT molecular complexity index is 1340. The molecule has 3 heterocycles. The number of amides is 1. The molecule has 0 saturated carbocycles. The molecule has 8 heteroatoms. The average molecular weight is 401 g/mol. The Hall–Kier alpha value is -4.07. The lowest BCUT2D eigenvalue weighted by Crippen LogP contribution is -2.42. The first-order valence-corrected chi connectivity index (χ1v) is 9.37. The minimum absolute atomic E-state index is 0.0392. The van der Waals surface area contributed by atoms with Crippen molar-refractivity contribution in [2.45, 2.75) is 20.0 Å². The van der Waals surface area contributed by atoms with Gasteiger partial charge in [0, 0.05) is 24.3 Å². The van der Waals surface area contributed by atoms with Gasteiger partial charge in [-0.05, 0) is 48.4 Å². The van der Waals surface area contributed by atoms with Crippen LogP contribution >= 0.6 is 0 Å². The first kappa shape index (κ1) is 19.3. The summed E-state index contributed by atoms with van der Waals surface area (Å²) in [4.78, 5) is 46.9. The zero-order valence-corrected chi connectivity index (χ0v) is 16.3. The predicted molar refractivity (Wildman–Crippen MR) is 113 cm³/mol. The molecule has 0 bridgehead atoms. The Morgan fingerprint density at radius 3 is 2.63 bits per heavy atom. The van der Waals surface area contributed by atoms with Gasteiger partial charge in [0.15, 0.2) is 5.52 Å². The van der Waals surface area contributed by atoms with Gasteiger partial charge in [0.1, 0.15) is 6.54 Å². The van der Waals surface area contributed by atoms with Crippen molar-refractivity contribution < 1.29 is 4.79 Å². The minimum Gasteiger partial charge on any atom is -0.325 e. The smallest absolute Gasteiger partial charge is 0.325 e. The highest BCUT2D eigenvalue weighted by molar-refractivity contribution is 5.91. The molecule has 3 aromatic heterocycles. The first-order valence-electron chi connectivity index (χ1n) is 9.37. The molecule has 0 aliphatic carbocycles. The fraction of sp³-hybridized carbons (Fsp3) is 0.136. The summed E-state index contributed by atoms with van der Waals surface area (Å²) in [6.07, 6.45) is 4.69. The average Bonchev–Trinajstić information content (AvgIpc) is 2.75. The van der Waals surface area contributed by atoms with Crippen molar-refractivity contribution in [2.24, 2.45) is 0 Å². The van der Waals surface area contributed by atoms with Crippen LogP contribution in [0.2, 0.25) is 0 Å². The Kier molecular flexibility index (Phi) is 5.21. The molecule has 4 rings (SSSR count). The number of pyridine rings is 2. The number of carbonyl (C=O) groups is 1. The molecule has 1 aromatic carbocycles. The molecular weight excluding hydrogens is 382 g/mol. The molecule has 0 spiro atoms. The van der Waals surface area contributed by atoms with Gasteiger partial charge in [-0.15, -0.1) is 0 Å². The van der Waals surface area contributed by atoms with E-state index in [0.717, 1.165) is 10.1 Å². The maximum absolute atomic E-state index is 13.1. The Labute approximate surface area is 171 Å². The maximum atomic E-state index is 13.1. The Morgan fingerprint density at radius 1 is 1.03 bits per heavy atom. The number of nitrogens with zero attached hydrogens (tertiary/aromatic N) is 4. The number of nitrogens with one attached hydrogen (secondary N) is 1. The summed E-state index contributed by atoms with van der Waals surface area (Å²) in [5, 5.41) is 2.79. The van der Waals surface area contributed by atoms with E-state index in [1.807, 2.05) is 25.1 Å². The van der Waals surface area contributed by atoms with Gasteiger partial charge in [-0.3, -0.25) is 23.7 Å². The van der Waals surface area contributed by atoms with Crippen LogP contribution in [0.15, 0.2) is 76.7 Å². The number of benzene rings is 1. The highest BCUT2D eigenvalue weighted by Crippen LogP contribution is 2.10. The molecule has 0 fully saturated rings. The normalized spacial score (nSPS) is 10.8. The van der Waals surface area contributed by atoms with Gasteiger partial charge in [-0.1, -0.05) is 18.2 Å². The molecule has 0 aliphatic heterocycles. The molecule has 0 saturated heterocycles. The van der Waals surface area contributed by atoms with E-state index in [4.69, 9.17) is 0 Å². The molecule has 0 atom stereocenters. The van der Waals surface area contributed by atoms with Crippen molar-refractivity contribution in [3.8, 4) is 0 Å². The van der Waals surface area contributed by atoms with Crippen LogP contribution in [0.1, 0.15) is 11.1 Å². The highest BCUT2D eigenvalue weighted by atomic mass is 16.2. The number of aromatic nitrogens is 4. The van der Waals surface area contributed by atoms with Crippen LogP contribution in [0.5, 0.6) is 0 Å². The number of hydrogen-bond acceptors (Lipinski definition) is 5. The highest BCUT2D eigenvalue weighted by Gasteiger charge is 2.16. The van der Waals surface area contributed by atoms with Crippen LogP contribution in [0.25, 0.3) is 11.0 Å². The van der Waals surface area contributed by atoms with Crippen molar-refractivity contribution in [1.82, 2.24) is 19.1 Å². The maximum Gasteiger partial charge on any atom is 0.332 e. The van der Waals surface area contributed by atoms with E-state index in [9.17, 15) is 14.4 Å². The van der Waals surface area contributed by atoms with Crippen molar-refractivity contribution in [3.63, 3.8) is 0 Å². The molecular formula is C22H19N5O3. The van der Waals surface area contributed by atoms with Gasteiger partial charge in [-0.25, -0.2) is 9.78 Å². The summed E-state index contributed by atoms with van der Waals surface area (Å²) in [6, 6.07) is 14.1. The van der Waals surface area contributed by atoms with Crippen molar-refractivity contribution in [3.05, 3.63) is 99.1 Å². The van der Waals surface area contributed by atoms with E-state index in [1.54, 1.807) is 42.7 Å². The summed E-state index contributed by atoms with van der Waals surface area (Å²) < 4.78 is 2.34. The van der Waals surface area contributed by atoms with Gasteiger partial charge in [0.2, 0.25) is 5.91 Å². The quantitative estimate of drug-likeness (QED) is 0.551. The molecule has 1 N–H and O–H groups in total. The third kappa shape index (κ3) is 3.88. The van der Waals surface area contributed by atoms with Crippen LogP contribution in [0, 0.1) is 6.92 Å². The zero-order valence-electron chi connectivity index (χ0n) is 16.3. The van der Waals surface area contributed by atoms with Crippen molar-refractivity contribution in [1.29, 1.82) is 0 Å². The Balaban J connectivity index is 1.76. The van der Waals surface area contributed by atoms with Gasteiger partial charge in [-0.2, -0.15) is 0 Å². The molecule has 150 valence electrons. The third-order valence-corrected chi connectivity index (χ3v) is 4.65. The molecule has 0 radical (unpaired) electrons. The fourth-order valence-electron chi connectivity index (χ4n) is 3.28. The topological polar surface area (TPSA) is 98.9 Å². The van der Waals surface area contributed by atoms with E-state index in [-0.39, 0.29) is 24.5 Å². The van der Waals surface area contributed by atoms with E-state index in [2.05, 4.69) is 15.3 Å². The number of carbonyl (C=O) groups excluding carboxylic acids is 1. The predicted octanol–water partition coefficient (Wildman–Crippen LogP) is 1.95. The molecule has 4 aromatic rings. The molecule has 0 unspecified atom stereocenters. The van der Waals surface area contributed by atoms with Crippen LogP contribution in [0.4, 0.5) is 5.69 Å². The van der Waals surface area contributed by atoms with Crippen LogP contribution < -0.4 is 16.6 Å². The molecule has 8 nitrogen and oxygen atoms in total. The lowest BCUT2D eigenvalue weighted by atomic mass is 10.2. The van der Waals surface area contributed by atoms with Crippen LogP contribution in [-0.2, 0) is 17.9 Å². The molecule has 1 amide bonds. The number of anilines is 1. The summed E-state index contributed by atoms with van der Waals surface area (Å²) in [5.41, 5.74) is 1.70. The Morgan fingerprint density at radius 2 is 1.87 bits per heavy atom. The molecule has 0 aliphatic rings. The first-order chi connectivity index (χ1) is 14.5. The summed E-state index contributed by atoms with van der Waals surface area (Å²) >= 11 is 0. The fourth-order valence-corrected chi connectivity index (χ4v) is 3.28. The zero-order chi connectivity index (χ0) is 21.1. The molecule has 30 heavy (non-hydrogen) atoms. The summed E-state index contributed by atoms with van der Waals surface area (Å²) in [5.74, 6) is -0.376. The summed E-state index contributed by atoms with van der Waals surface area (Å²) in [6.45, 7) is 1.72. The minimum atomic E-state index is -0.580. The van der Waals surface area contributed by atoms with Gasteiger partial charge in [0.25, 0.3) is 5.56 Å². The number of hydrogen-bond donors (Lipinski definition) is 1. The number of fused-ring (bicyclic) bond motifs is 1. The van der Waals surface area contributed by atoms with E-state index in [1.165, 1.54) is 10.8 Å². The van der Waals surface area contributed by atoms with Crippen LogP contribution in [0.3, 0.4) is 0 Å². The van der Waals surface area contributed by atoms with E-state index < -0.39 is 11.2 Å². The van der Waals surface area contributed by atoms with Crippen LogP contribution in [-0.4, -0.2) is 25.0 Å². The van der Waals surface area contributed by atoms with E-state index >= 15 is 0 Å².